The summed E-state index contributed by atoms with van der Waals surface area (Å²) in [6.45, 7) is 0.302. The molecule has 0 aliphatic carbocycles. The molecule has 6 nitrogen and oxygen atoms in total. The topological polar surface area (TPSA) is 76.0 Å². The fraction of sp³-hybridized carbons (Fsp3) is 0.158. The Morgan fingerprint density at radius 1 is 1.22 bits per heavy atom. The number of halogens is 1. The van der Waals surface area contributed by atoms with Crippen molar-refractivity contribution >= 4 is 52.4 Å². The summed E-state index contributed by atoms with van der Waals surface area (Å²) in [4.78, 5) is 29.3. The van der Waals surface area contributed by atoms with E-state index in [0.29, 0.717) is 22.9 Å². The molecule has 1 atom stereocenters. The van der Waals surface area contributed by atoms with Gasteiger partial charge in [-0.05, 0) is 36.0 Å². The molecule has 0 bridgehead atoms. The first-order valence-electron chi connectivity index (χ1n) is 8.37. The van der Waals surface area contributed by atoms with Gasteiger partial charge in [0.05, 0.1) is 11.9 Å². The van der Waals surface area contributed by atoms with Crippen LogP contribution in [0.5, 0.6) is 0 Å². The third kappa shape index (κ3) is 3.31. The van der Waals surface area contributed by atoms with Crippen LogP contribution in [0.2, 0.25) is 5.02 Å². The van der Waals surface area contributed by atoms with Crippen molar-refractivity contribution in [3.05, 3.63) is 63.9 Å². The molecule has 1 amide bonds. The molecule has 1 aliphatic rings. The summed E-state index contributed by atoms with van der Waals surface area (Å²) < 4.78 is 1.55. The molecular weight excluding hydrogens is 384 g/mol. The maximum Gasteiger partial charge on any atom is 0.257 e. The molecule has 8 heteroatoms. The molecule has 1 aromatic heterocycles. The van der Waals surface area contributed by atoms with Crippen molar-refractivity contribution < 1.29 is 9.59 Å². The van der Waals surface area contributed by atoms with Crippen molar-refractivity contribution in [3.8, 4) is 0 Å². The fourth-order valence-electron chi connectivity index (χ4n) is 3.10. The molecule has 2 N–H and O–H groups in total. The molecule has 0 unspecified atom stereocenters. The van der Waals surface area contributed by atoms with Gasteiger partial charge in [-0.2, -0.15) is 0 Å². The van der Waals surface area contributed by atoms with Gasteiger partial charge in [-0.15, -0.1) is 0 Å². The average molecular weight is 399 g/mol. The van der Waals surface area contributed by atoms with Crippen LogP contribution in [0, 0.1) is 4.77 Å². The van der Waals surface area contributed by atoms with E-state index in [1.165, 1.54) is 4.57 Å². The number of carbonyl (C=O) groups excluding carboxylic acids is 2. The predicted octanol–water partition coefficient (Wildman–Crippen LogP) is 3.56. The molecule has 0 spiro atoms. The Hall–Kier alpha value is -2.77. The number of fused-ring (bicyclic) bond motifs is 3. The van der Waals surface area contributed by atoms with Crippen molar-refractivity contribution in [2.24, 2.45) is 0 Å². The number of para-hydroxylation sites is 1. The number of carbonyl (C=O) groups is 2. The molecule has 27 heavy (non-hydrogen) atoms. The normalized spacial score (nSPS) is 15.4. The quantitative estimate of drug-likeness (QED) is 0.657. The van der Waals surface area contributed by atoms with Gasteiger partial charge in [0, 0.05) is 17.0 Å². The highest BCUT2D eigenvalue weighted by atomic mass is 35.5. The number of amides is 1. The van der Waals surface area contributed by atoms with Crippen LogP contribution in [-0.2, 0) is 11.3 Å². The third-order valence-corrected chi connectivity index (χ3v) is 5.09. The zero-order chi connectivity index (χ0) is 19.0. The van der Waals surface area contributed by atoms with Gasteiger partial charge in [-0.3, -0.25) is 9.59 Å². The molecule has 136 valence electrons. The highest BCUT2D eigenvalue weighted by molar-refractivity contribution is 7.71. The van der Waals surface area contributed by atoms with Crippen molar-refractivity contribution in [1.82, 2.24) is 14.9 Å². The second kappa shape index (κ2) is 7.09. The Kier molecular flexibility index (Phi) is 4.63. The first-order chi connectivity index (χ1) is 13.0. The smallest absolute Gasteiger partial charge is 0.257 e. The summed E-state index contributed by atoms with van der Waals surface area (Å²) in [5, 5.41) is 7.31. The lowest BCUT2D eigenvalue weighted by Crippen LogP contribution is -2.33. The number of nitrogens with one attached hydrogen (secondary N) is 2. The summed E-state index contributed by atoms with van der Waals surface area (Å²) in [6, 6.07) is 14.0. The van der Waals surface area contributed by atoms with Crippen molar-refractivity contribution in [2.75, 3.05) is 5.32 Å². The van der Waals surface area contributed by atoms with Gasteiger partial charge in [0.25, 0.3) is 5.91 Å². The van der Waals surface area contributed by atoms with Crippen LogP contribution in [0.15, 0.2) is 48.5 Å². The fourth-order valence-corrected chi connectivity index (χ4v) is 3.58. The molecule has 1 aliphatic heterocycles. The van der Waals surface area contributed by atoms with Gasteiger partial charge in [-0.1, -0.05) is 41.9 Å². The maximum absolute atomic E-state index is 12.7. The van der Waals surface area contributed by atoms with Crippen LogP contribution in [0.1, 0.15) is 16.8 Å². The lowest BCUT2D eigenvalue weighted by molar-refractivity contribution is -0.121. The molecule has 0 saturated carbocycles. The zero-order valence-corrected chi connectivity index (χ0v) is 15.7. The molecule has 2 heterocycles. The van der Waals surface area contributed by atoms with Crippen molar-refractivity contribution in [3.63, 3.8) is 0 Å². The monoisotopic (exact) mass is 398 g/mol. The number of hydrogen-bond acceptors (Lipinski definition) is 5. The van der Waals surface area contributed by atoms with Crippen molar-refractivity contribution in [2.45, 2.75) is 19.0 Å². The van der Waals surface area contributed by atoms with E-state index in [9.17, 15) is 9.59 Å². The van der Waals surface area contributed by atoms with Gasteiger partial charge in [0.1, 0.15) is 11.9 Å². The van der Waals surface area contributed by atoms with E-state index < -0.39 is 6.04 Å². The van der Waals surface area contributed by atoms with Gasteiger partial charge in [-0.25, -0.2) is 9.55 Å². The number of rotatable bonds is 4. The largest absolute Gasteiger partial charge is 0.358 e. The van der Waals surface area contributed by atoms with E-state index >= 15 is 0 Å². The van der Waals surface area contributed by atoms with Crippen molar-refractivity contribution in [1.29, 1.82) is 0 Å². The summed E-state index contributed by atoms with van der Waals surface area (Å²) in [7, 11) is 0. The summed E-state index contributed by atoms with van der Waals surface area (Å²) in [5.41, 5.74) is 1.52. The Bertz CT molecular complexity index is 1130. The Morgan fingerprint density at radius 2 is 1.96 bits per heavy atom. The van der Waals surface area contributed by atoms with Crippen LogP contribution in [0.25, 0.3) is 10.9 Å². The lowest BCUT2D eigenvalue weighted by Gasteiger charge is -2.10. The number of hydrogen-bond donors (Lipinski definition) is 2. The van der Waals surface area contributed by atoms with Gasteiger partial charge in [0.2, 0.25) is 10.7 Å². The van der Waals surface area contributed by atoms with Gasteiger partial charge in [0.15, 0.2) is 0 Å². The Labute approximate surface area is 165 Å². The molecule has 0 saturated heterocycles. The predicted molar refractivity (Wildman–Crippen MR) is 107 cm³/mol. The summed E-state index contributed by atoms with van der Waals surface area (Å²) in [6.07, 6.45) is -0.00589. The minimum Gasteiger partial charge on any atom is -0.358 e. The molecule has 4 rings (SSSR count). The van der Waals surface area contributed by atoms with E-state index in [2.05, 4.69) is 15.6 Å². The van der Waals surface area contributed by atoms with Gasteiger partial charge < -0.3 is 10.6 Å². The third-order valence-electron chi connectivity index (χ3n) is 4.44. The SMILES string of the molecule is O=C(C[C@@H]1Nc2c3ccccc3nc(=S)n2C1=O)NCc1ccccc1Cl. The summed E-state index contributed by atoms with van der Waals surface area (Å²) >= 11 is 11.4. The highest BCUT2D eigenvalue weighted by Crippen LogP contribution is 2.28. The van der Waals surface area contributed by atoms with E-state index in [1.807, 2.05) is 42.5 Å². The molecule has 3 aromatic rings. The van der Waals surface area contributed by atoms with E-state index in [0.717, 1.165) is 10.9 Å². The van der Waals surface area contributed by atoms with Gasteiger partial charge >= 0.3 is 0 Å². The van der Waals surface area contributed by atoms with Crippen LogP contribution < -0.4 is 10.6 Å². The molecular formula is C19H15ClN4O2S. The zero-order valence-electron chi connectivity index (χ0n) is 14.1. The van der Waals surface area contributed by atoms with E-state index in [-0.39, 0.29) is 23.0 Å². The standard InChI is InChI=1S/C19H15ClN4O2S/c20-13-7-3-1-5-11(13)10-21-16(25)9-15-18(26)24-17(22-15)12-6-2-4-8-14(12)23-19(24)27/h1-8,15,22H,9-10H2,(H,21,25)/t15-/m0/s1. The number of nitrogens with zero attached hydrogens (tertiary/aromatic N) is 2. The van der Waals surface area contributed by atoms with Crippen LogP contribution in [-0.4, -0.2) is 27.4 Å². The molecule has 0 radical (unpaired) electrons. The molecule has 2 aromatic carbocycles. The number of anilines is 1. The van der Waals surface area contributed by atoms with E-state index in [1.54, 1.807) is 6.07 Å². The minimum absolute atomic E-state index is 0.00589. The first-order valence-corrected chi connectivity index (χ1v) is 9.16. The van der Waals surface area contributed by atoms with E-state index in [4.69, 9.17) is 23.8 Å². The number of aromatic nitrogens is 2. The first kappa shape index (κ1) is 17.6. The number of benzene rings is 2. The highest BCUT2D eigenvalue weighted by Gasteiger charge is 2.33. The van der Waals surface area contributed by atoms with Crippen LogP contribution in [0.3, 0.4) is 0 Å². The summed E-state index contributed by atoms with van der Waals surface area (Å²) in [5.74, 6) is 0.0537. The van der Waals surface area contributed by atoms with Crippen LogP contribution in [0.4, 0.5) is 5.82 Å². The Balaban J connectivity index is 1.51. The maximum atomic E-state index is 12.7. The van der Waals surface area contributed by atoms with Crippen LogP contribution >= 0.6 is 23.8 Å². The Morgan fingerprint density at radius 3 is 2.78 bits per heavy atom. The second-order valence-corrected chi connectivity index (χ2v) is 6.98. The second-order valence-electron chi connectivity index (χ2n) is 6.20. The minimum atomic E-state index is -0.689. The lowest BCUT2D eigenvalue weighted by atomic mass is 10.2. The molecule has 0 fully saturated rings. The average Bonchev–Trinajstić information content (AvgIpc) is 2.98.